The Morgan fingerprint density at radius 2 is 1.41 bits per heavy atom. The molecule has 0 unspecified atom stereocenters. The third-order valence-corrected chi connectivity index (χ3v) is 9.99. The number of rotatable bonds is 6. The quantitative estimate of drug-likeness (QED) is 0.171. The summed E-state index contributed by atoms with van der Waals surface area (Å²) in [5, 5.41) is 14.8. The molecule has 0 spiro atoms. The Labute approximate surface area is 282 Å². The number of pyridine rings is 2. The Balaban J connectivity index is 0.000000283. The number of carbonyl (C=O) groups is 1. The van der Waals surface area contributed by atoms with E-state index in [1.54, 1.807) is 30.6 Å². The second-order valence-corrected chi connectivity index (χ2v) is 13.6. The standard InChI is InChI=1S/C25H17Cl2N3O4S.C9H6BrN/c26-18-12-19(27)14-21(13-18)35(33,34)30(15-24(31)32)20-5-6-23-17(11-20)8-10-29(23)25-22-4-2-1-3-16(22)7-9-28-25;10-9-8-4-2-1-3-7(8)5-6-11-9/h1-14H,15H2,(H,31,32);1-6H. The Kier molecular flexibility index (Phi) is 8.97. The summed E-state index contributed by atoms with van der Waals surface area (Å²) in [6.45, 7) is -0.774. The lowest BCUT2D eigenvalue weighted by molar-refractivity contribution is -0.135. The molecule has 7 aromatic rings. The number of carboxylic acids is 1. The van der Waals surface area contributed by atoms with Gasteiger partial charge < -0.3 is 9.67 Å². The lowest BCUT2D eigenvalue weighted by Gasteiger charge is -2.23. The molecule has 46 heavy (non-hydrogen) atoms. The number of aromatic nitrogens is 3. The van der Waals surface area contributed by atoms with Crippen LogP contribution >= 0.6 is 39.1 Å². The van der Waals surface area contributed by atoms with E-state index in [0.29, 0.717) is 5.39 Å². The van der Waals surface area contributed by atoms with E-state index in [1.165, 1.54) is 23.6 Å². The van der Waals surface area contributed by atoms with Crippen molar-refractivity contribution < 1.29 is 18.3 Å². The summed E-state index contributed by atoms with van der Waals surface area (Å²) >= 11 is 15.4. The first-order chi connectivity index (χ1) is 22.1. The highest BCUT2D eigenvalue weighted by atomic mass is 79.9. The van der Waals surface area contributed by atoms with Gasteiger partial charge in [0.2, 0.25) is 0 Å². The third kappa shape index (κ3) is 6.43. The van der Waals surface area contributed by atoms with Gasteiger partial charge in [0.25, 0.3) is 10.0 Å². The maximum Gasteiger partial charge on any atom is 0.324 e. The van der Waals surface area contributed by atoms with E-state index in [0.717, 1.165) is 36.4 Å². The van der Waals surface area contributed by atoms with Gasteiger partial charge in [0.1, 0.15) is 17.0 Å². The zero-order chi connectivity index (χ0) is 32.4. The van der Waals surface area contributed by atoms with Crippen LogP contribution in [0.3, 0.4) is 0 Å². The maximum absolute atomic E-state index is 13.4. The highest BCUT2D eigenvalue weighted by molar-refractivity contribution is 9.10. The first kappa shape index (κ1) is 31.5. The topological polar surface area (TPSA) is 105 Å². The van der Waals surface area contributed by atoms with Crippen LogP contribution in [0.5, 0.6) is 0 Å². The molecule has 3 heterocycles. The molecular weight excluding hydrogens is 711 g/mol. The molecule has 0 saturated carbocycles. The van der Waals surface area contributed by atoms with Crippen molar-refractivity contribution in [2.45, 2.75) is 4.90 Å². The predicted molar refractivity (Wildman–Crippen MR) is 187 cm³/mol. The summed E-state index contributed by atoms with van der Waals surface area (Å²) < 4.78 is 30.5. The number of aliphatic carboxylic acids is 1. The predicted octanol–water partition coefficient (Wildman–Crippen LogP) is 8.76. The number of benzene rings is 4. The second kappa shape index (κ2) is 13.1. The molecule has 0 aliphatic rings. The first-order valence-corrected chi connectivity index (χ1v) is 16.8. The van der Waals surface area contributed by atoms with Crippen LogP contribution < -0.4 is 4.31 Å². The van der Waals surface area contributed by atoms with Crippen LogP contribution in [0.25, 0.3) is 38.3 Å². The van der Waals surface area contributed by atoms with Crippen molar-refractivity contribution in [3.05, 3.63) is 136 Å². The van der Waals surface area contributed by atoms with Gasteiger partial charge in [-0.2, -0.15) is 0 Å². The summed E-state index contributed by atoms with van der Waals surface area (Å²) in [5.41, 5.74) is 0.982. The normalized spacial score (nSPS) is 11.4. The molecule has 7 rings (SSSR count). The largest absolute Gasteiger partial charge is 0.480 e. The third-order valence-electron chi connectivity index (χ3n) is 7.17. The van der Waals surface area contributed by atoms with Crippen molar-refractivity contribution in [3.8, 4) is 5.82 Å². The fraction of sp³-hybridized carbons (Fsp3) is 0.0294. The fourth-order valence-electron chi connectivity index (χ4n) is 5.09. The van der Waals surface area contributed by atoms with Gasteiger partial charge in [-0.25, -0.2) is 18.4 Å². The number of anilines is 1. The molecule has 0 aliphatic carbocycles. The molecule has 230 valence electrons. The van der Waals surface area contributed by atoms with Gasteiger partial charge >= 0.3 is 5.97 Å². The minimum absolute atomic E-state index is 0.126. The summed E-state index contributed by atoms with van der Waals surface area (Å²) in [6.07, 6.45) is 5.37. The number of fused-ring (bicyclic) bond motifs is 3. The number of nitrogens with zero attached hydrogens (tertiary/aromatic N) is 4. The van der Waals surface area contributed by atoms with Gasteiger partial charge in [-0.1, -0.05) is 71.7 Å². The summed E-state index contributed by atoms with van der Waals surface area (Å²) in [5.74, 6) is -0.575. The maximum atomic E-state index is 13.4. The smallest absolute Gasteiger partial charge is 0.324 e. The SMILES string of the molecule is Brc1nccc2ccccc12.O=C(O)CN(c1ccc2c(ccn2-c2nccc3ccccc23)c1)S(=O)(=O)c1cc(Cl)cc(Cl)c1. The molecule has 0 aliphatic heterocycles. The number of hydrogen-bond donors (Lipinski definition) is 1. The van der Waals surface area contributed by atoms with Gasteiger partial charge in [-0.05, 0) is 81.3 Å². The van der Waals surface area contributed by atoms with Crippen LogP contribution in [0.1, 0.15) is 0 Å². The van der Waals surface area contributed by atoms with Crippen molar-refractivity contribution in [2.75, 3.05) is 10.8 Å². The van der Waals surface area contributed by atoms with Crippen LogP contribution in [0.2, 0.25) is 10.0 Å². The lowest BCUT2D eigenvalue weighted by Crippen LogP contribution is -2.35. The Hall–Kier alpha value is -4.48. The van der Waals surface area contributed by atoms with E-state index in [-0.39, 0.29) is 20.6 Å². The minimum atomic E-state index is -4.27. The van der Waals surface area contributed by atoms with E-state index in [2.05, 4.69) is 32.0 Å². The molecule has 0 bridgehead atoms. The van der Waals surface area contributed by atoms with Crippen molar-refractivity contribution in [1.29, 1.82) is 0 Å². The van der Waals surface area contributed by atoms with E-state index in [9.17, 15) is 18.3 Å². The summed E-state index contributed by atoms with van der Waals surface area (Å²) in [4.78, 5) is 20.1. The highest BCUT2D eigenvalue weighted by Gasteiger charge is 2.28. The molecule has 12 heteroatoms. The Bertz CT molecular complexity index is 2340. The number of halogens is 3. The van der Waals surface area contributed by atoms with Crippen molar-refractivity contribution >= 4 is 93.3 Å². The second-order valence-electron chi connectivity index (χ2n) is 10.1. The first-order valence-electron chi connectivity index (χ1n) is 13.8. The highest BCUT2D eigenvalue weighted by Crippen LogP contribution is 2.32. The molecule has 0 atom stereocenters. The van der Waals surface area contributed by atoms with Crippen molar-refractivity contribution in [1.82, 2.24) is 14.5 Å². The van der Waals surface area contributed by atoms with Gasteiger partial charge in [-0.3, -0.25) is 9.10 Å². The van der Waals surface area contributed by atoms with Crippen LogP contribution in [0.4, 0.5) is 5.69 Å². The lowest BCUT2D eigenvalue weighted by atomic mass is 10.1. The van der Waals surface area contributed by atoms with E-state index in [1.807, 2.05) is 71.4 Å². The van der Waals surface area contributed by atoms with Crippen molar-refractivity contribution in [3.63, 3.8) is 0 Å². The minimum Gasteiger partial charge on any atom is -0.480 e. The van der Waals surface area contributed by atoms with Crippen molar-refractivity contribution in [2.24, 2.45) is 0 Å². The molecule has 1 N–H and O–H groups in total. The number of sulfonamides is 1. The van der Waals surface area contributed by atoms with Crippen LogP contribution in [-0.2, 0) is 14.8 Å². The molecule has 0 saturated heterocycles. The molecule has 3 aromatic heterocycles. The van der Waals surface area contributed by atoms with Crippen LogP contribution in [0.15, 0.2) is 131 Å². The molecule has 0 fully saturated rings. The molecule has 4 aromatic carbocycles. The number of carboxylic acid groups (broad SMARTS) is 1. The summed E-state index contributed by atoms with van der Waals surface area (Å²) in [6, 6.07) is 30.6. The van der Waals surface area contributed by atoms with Gasteiger partial charge in [0, 0.05) is 44.8 Å². The molecule has 0 radical (unpaired) electrons. The van der Waals surface area contributed by atoms with Crippen LogP contribution in [-0.4, -0.2) is 40.6 Å². The molecule has 0 amide bonds. The average molecular weight is 734 g/mol. The summed E-state index contributed by atoms with van der Waals surface area (Å²) in [7, 11) is -4.27. The Morgan fingerprint density at radius 1 is 0.783 bits per heavy atom. The number of hydrogen-bond acceptors (Lipinski definition) is 5. The fourth-order valence-corrected chi connectivity index (χ4v) is 7.70. The van der Waals surface area contributed by atoms with E-state index >= 15 is 0 Å². The van der Waals surface area contributed by atoms with E-state index in [4.69, 9.17) is 23.2 Å². The Morgan fingerprint density at radius 3 is 2.09 bits per heavy atom. The van der Waals surface area contributed by atoms with Gasteiger partial charge in [0.05, 0.1) is 16.1 Å². The van der Waals surface area contributed by atoms with Gasteiger partial charge in [-0.15, -0.1) is 0 Å². The zero-order valence-electron chi connectivity index (χ0n) is 23.8. The molecular formula is C34H23BrCl2N4O4S. The van der Waals surface area contributed by atoms with E-state index < -0.39 is 22.5 Å². The van der Waals surface area contributed by atoms with Gasteiger partial charge in [0.15, 0.2) is 0 Å². The zero-order valence-corrected chi connectivity index (χ0v) is 27.7. The average Bonchev–Trinajstić information content (AvgIpc) is 3.46. The molecule has 8 nitrogen and oxygen atoms in total. The monoisotopic (exact) mass is 732 g/mol. The van der Waals surface area contributed by atoms with Crippen LogP contribution in [0, 0.1) is 0 Å².